The third kappa shape index (κ3) is 2.53. The van der Waals surface area contributed by atoms with E-state index < -0.39 is 9.84 Å². The monoisotopic (exact) mass is 308 g/mol. The van der Waals surface area contributed by atoms with Gasteiger partial charge in [0.1, 0.15) is 17.2 Å². The van der Waals surface area contributed by atoms with E-state index in [2.05, 4.69) is 5.10 Å². The third-order valence-electron chi connectivity index (χ3n) is 3.77. The number of hydrogen-bond donors (Lipinski definition) is 0. The summed E-state index contributed by atoms with van der Waals surface area (Å²) >= 11 is 0. The van der Waals surface area contributed by atoms with E-state index in [1.807, 2.05) is 19.9 Å². The molecule has 2 aromatic rings. The number of furan rings is 1. The Bertz CT molecular complexity index is 801. The number of nitrogens with zero attached hydrogens (tertiary/aromatic N) is 2. The second kappa shape index (κ2) is 4.84. The molecule has 1 unspecified atom stereocenters. The van der Waals surface area contributed by atoms with Gasteiger partial charge in [0.25, 0.3) is 0 Å². The van der Waals surface area contributed by atoms with Crippen molar-refractivity contribution in [1.82, 2.24) is 9.78 Å². The minimum atomic E-state index is -2.99. The average molecular weight is 308 g/mol. The largest absolute Gasteiger partial charge is 0.466 e. The first-order chi connectivity index (χ1) is 9.89. The van der Waals surface area contributed by atoms with E-state index in [0.717, 1.165) is 17.6 Å². The van der Waals surface area contributed by atoms with Crippen LogP contribution in [-0.4, -0.2) is 36.0 Å². The van der Waals surface area contributed by atoms with Crippen LogP contribution in [0.25, 0.3) is 11.3 Å². The van der Waals surface area contributed by atoms with Crippen molar-refractivity contribution in [1.29, 1.82) is 0 Å². The van der Waals surface area contributed by atoms with Crippen LogP contribution in [0.4, 0.5) is 0 Å². The Hall–Kier alpha value is -1.89. The standard InChI is InChI=1S/C14H16N2O4S/c1-9-5-13(10(2)20-9)14-11(7-17)6-16(15-14)12-3-4-21(18,19)8-12/h5-7,12H,3-4,8H2,1-2H3. The maximum atomic E-state index is 11.6. The van der Waals surface area contributed by atoms with Crippen molar-refractivity contribution in [2.75, 3.05) is 11.5 Å². The molecule has 3 rings (SSSR count). The summed E-state index contributed by atoms with van der Waals surface area (Å²) in [6, 6.07) is 1.64. The van der Waals surface area contributed by atoms with Crippen LogP contribution < -0.4 is 0 Å². The minimum absolute atomic E-state index is 0.0792. The summed E-state index contributed by atoms with van der Waals surface area (Å²) in [6.07, 6.45) is 2.89. The fourth-order valence-electron chi connectivity index (χ4n) is 2.74. The van der Waals surface area contributed by atoms with Gasteiger partial charge in [-0.1, -0.05) is 0 Å². The highest BCUT2D eigenvalue weighted by atomic mass is 32.2. The first-order valence-electron chi connectivity index (χ1n) is 6.72. The van der Waals surface area contributed by atoms with Crippen molar-refractivity contribution in [3.05, 3.63) is 29.3 Å². The molecule has 7 heteroatoms. The molecule has 0 aromatic carbocycles. The summed E-state index contributed by atoms with van der Waals surface area (Å²) in [5.41, 5.74) is 1.76. The highest BCUT2D eigenvalue weighted by molar-refractivity contribution is 7.91. The Morgan fingerprint density at radius 1 is 1.43 bits per heavy atom. The number of hydrogen-bond acceptors (Lipinski definition) is 5. The number of aryl methyl sites for hydroxylation is 2. The van der Waals surface area contributed by atoms with E-state index in [0.29, 0.717) is 23.4 Å². The maximum Gasteiger partial charge on any atom is 0.153 e. The molecule has 0 radical (unpaired) electrons. The van der Waals surface area contributed by atoms with Gasteiger partial charge < -0.3 is 4.42 Å². The smallest absolute Gasteiger partial charge is 0.153 e. The molecule has 3 heterocycles. The highest BCUT2D eigenvalue weighted by Gasteiger charge is 2.30. The molecular formula is C14H16N2O4S. The van der Waals surface area contributed by atoms with Gasteiger partial charge in [0.05, 0.1) is 23.1 Å². The van der Waals surface area contributed by atoms with Crippen LogP contribution in [0.3, 0.4) is 0 Å². The molecule has 6 nitrogen and oxygen atoms in total. The van der Waals surface area contributed by atoms with E-state index in [4.69, 9.17) is 4.42 Å². The zero-order chi connectivity index (χ0) is 15.2. The quantitative estimate of drug-likeness (QED) is 0.809. The SMILES string of the molecule is Cc1cc(-c2nn(C3CCS(=O)(=O)C3)cc2C=O)c(C)o1. The lowest BCUT2D eigenvalue weighted by Crippen LogP contribution is -2.11. The molecule has 0 saturated carbocycles. The molecule has 2 aromatic heterocycles. The van der Waals surface area contributed by atoms with Crippen molar-refractivity contribution in [3.63, 3.8) is 0 Å². The zero-order valence-corrected chi connectivity index (χ0v) is 12.7. The molecule has 1 saturated heterocycles. The van der Waals surface area contributed by atoms with Gasteiger partial charge in [-0.25, -0.2) is 8.42 Å². The molecular weight excluding hydrogens is 292 g/mol. The first kappa shape index (κ1) is 14.1. The second-order valence-corrected chi connectivity index (χ2v) is 7.64. The lowest BCUT2D eigenvalue weighted by molar-refractivity contribution is 0.112. The molecule has 1 fully saturated rings. The number of sulfone groups is 1. The van der Waals surface area contributed by atoms with Crippen LogP contribution in [0.5, 0.6) is 0 Å². The Balaban J connectivity index is 2.03. The number of carbonyl (C=O) groups excluding carboxylic acids is 1. The lowest BCUT2D eigenvalue weighted by atomic mass is 10.1. The molecule has 0 N–H and O–H groups in total. The van der Waals surface area contributed by atoms with Gasteiger partial charge in [-0.15, -0.1) is 0 Å². The third-order valence-corrected chi connectivity index (χ3v) is 5.52. The van der Waals surface area contributed by atoms with Gasteiger partial charge in [0.2, 0.25) is 0 Å². The summed E-state index contributed by atoms with van der Waals surface area (Å²) in [5, 5.41) is 4.43. The maximum absolute atomic E-state index is 11.6. The van der Waals surface area contributed by atoms with Crippen molar-refractivity contribution in [2.24, 2.45) is 0 Å². The van der Waals surface area contributed by atoms with Crippen LogP contribution in [0.15, 0.2) is 16.7 Å². The van der Waals surface area contributed by atoms with E-state index in [9.17, 15) is 13.2 Å². The number of aldehydes is 1. The Labute approximate surface area is 122 Å². The normalized spacial score (nSPS) is 20.8. The van der Waals surface area contributed by atoms with Gasteiger partial charge in [-0.2, -0.15) is 5.10 Å². The topological polar surface area (TPSA) is 82.2 Å². The minimum Gasteiger partial charge on any atom is -0.466 e. The van der Waals surface area contributed by atoms with Crippen molar-refractivity contribution in [2.45, 2.75) is 26.3 Å². The number of aromatic nitrogens is 2. The van der Waals surface area contributed by atoms with E-state index >= 15 is 0 Å². The molecule has 112 valence electrons. The summed E-state index contributed by atoms with van der Waals surface area (Å²) in [7, 11) is -2.99. The molecule has 0 amide bonds. The Kier molecular flexibility index (Phi) is 3.24. The van der Waals surface area contributed by atoms with Gasteiger partial charge in [0.15, 0.2) is 16.1 Å². The van der Waals surface area contributed by atoms with Crippen LogP contribution in [0.1, 0.15) is 34.3 Å². The van der Waals surface area contributed by atoms with Crippen molar-refractivity contribution >= 4 is 16.1 Å². The van der Waals surface area contributed by atoms with E-state index in [1.54, 1.807) is 10.9 Å². The highest BCUT2D eigenvalue weighted by Crippen LogP contribution is 2.30. The van der Waals surface area contributed by atoms with Crippen molar-refractivity contribution < 1.29 is 17.6 Å². The predicted octanol–water partition coefficient (Wildman–Crippen LogP) is 1.93. The van der Waals surface area contributed by atoms with Gasteiger partial charge in [-0.3, -0.25) is 9.48 Å². The zero-order valence-electron chi connectivity index (χ0n) is 11.9. The van der Waals surface area contributed by atoms with Crippen LogP contribution in [-0.2, 0) is 9.84 Å². The molecule has 0 aliphatic carbocycles. The molecule has 1 atom stereocenters. The number of carbonyl (C=O) groups is 1. The second-order valence-electron chi connectivity index (χ2n) is 5.41. The fourth-order valence-corrected chi connectivity index (χ4v) is 4.44. The van der Waals surface area contributed by atoms with Crippen LogP contribution in [0, 0.1) is 13.8 Å². The fraction of sp³-hybridized carbons (Fsp3) is 0.429. The number of rotatable bonds is 3. The molecule has 1 aliphatic rings. The lowest BCUT2D eigenvalue weighted by Gasteiger charge is -2.07. The summed E-state index contributed by atoms with van der Waals surface area (Å²) in [6.45, 7) is 3.65. The predicted molar refractivity (Wildman–Crippen MR) is 77.1 cm³/mol. The van der Waals surface area contributed by atoms with E-state index in [-0.39, 0.29) is 17.5 Å². The van der Waals surface area contributed by atoms with Gasteiger partial charge in [0, 0.05) is 11.8 Å². The summed E-state index contributed by atoms with van der Waals surface area (Å²) in [4.78, 5) is 11.3. The summed E-state index contributed by atoms with van der Waals surface area (Å²) in [5.74, 6) is 1.69. The molecule has 0 spiro atoms. The van der Waals surface area contributed by atoms with Gasteiger partial charge in [-0.05, 0) is 26.3 Å². The Morgan fingerprint density at radius 2 is 2.19 bits per heavy atom. The van der Waals surface area contributed by atoms with Gasteiger partial charge >= 0.3 is 0 Å². The molecule has 21 heavy (non-hydrogen) atoms. The molecule has 1 aliphatic heterocycles. The van der Waals surface area contributed by atoms with Crippen LogP contribution >= 0.6 is 0 Å². The van der Waals surface area contributed by atoms with Crippen LogP contribution in [0.2, 0.25) is 0 Å². The van der Waals surface area contributed by atoms with Crippen molar-refractivity contribution in [3.8, 4) is 11.3 Å². The average Bonchev–Trinajstić information content (AvgIpc) is 3.06. The Morgan fingerprint density at radius 3 is 2.71 bits per heavy atom. The first-order valence-corrected chi connectivity index (χ1v) is 8.54. The van der Waals surface area contributed by atoms with E-state index in [1.165, 1.54) is 0 Å². The summed E-state index contributed by atoms with van der Waals surface area (Å²) < 4.78 is 30.2. The molecule has 0 bridgehead atoms.